The zero-order valence-corrected chi connectivity index (χ0v) is 13.1. The lowest BCUT2D eigenvalue weighted by Gasteiger charge is -2.21. The number of aromatic nitrogens is 1. The summed E-state index contributed by atoms with van der Waals surface area (Å²) >= 11 is 0. The standard InChI is InChI=1S/C13H23N3O3S/c1-10(2)16-8-13(6-12(16)7-14)20(17,18)15(3)11-4-5-19-9-11/h6,8,10-11H,4-5,7,9,14H2,1-3H3. The molecule has 1 aliphatic heterocycles. The van der Waals surface area contributed by atoms with E-state index in [9.17, 15) is 8.42 Å². The van der Waals surface area contributed by atoms with Crippen LogP contribution in [0.5, 0.6) is 0 Å². The van der Waals surface area contributed by atoms with Crippen LogP contribution in [-0.4, -0.2) is 43.6 Å². The molecule has 0 bridgehead atoms. The van der Waals surface area contributed by atoms with Gasteiger partial charge in [0.2, 0.25) is 10.0 Å². The third kappa shape index (κ3) is 2.76. The van der Waals surface area contributed by atoms with Gasteiger partial charge in [-0.3, -0.25) is 0 Å². The van der Waals surface area contributed by atoms with E-state index in [1.54, 1.807) is 19.3 Å². The van der Waals surface area contributed by atoms with Crippen LogP contribution >= 0.6 is 0 Å². The maximum Gasteiger partial charge on any atom is 0.244 e. The number of nitrogens with zero attached hydrogens (tertiary/aromatic N) is 2. The number of hydrogen-bond donors (Lipinski definition) is 1. The maximum absolute atomic E-state index is 12.6. The Morgan fingerprint density at radius 2 is 2.25 bits per heavy atom. The molecule has 1 aliphatic rings. The highest BCUT2D eigenvalue weighted by Gasteiger charge is 2.31. The molecule has 20 heavy (non-hydrogen) atoms. The first-order chi connectivity index (χ1) is 9.37. The van der Waals surface area contributed by atoms with Crippen molar-refractivity contribution in [3.05, 3.63) is 18.0 Å². The second-order valence-corrected chi connectivity index (χ2v) is 7.41. The van der Waals surface area contributed by atoms with Crippen molar-refractivity contribution in [1.29, 1.82) is 0 Å². The minimum absolute atomic E-state index is 0.0799. The molecule has 1 saturated heterocycles. The molecular formula is C13H23N3O3S. The first-order valence-corrected chi connectivity index (χ1v) is 8.28. The lowest BCUT2D eigenvalue weighted by atomic mass is 10.3. The van der Waals surface area contributed by atoms with Gasteiger partial charge in [-0.15, -0.1) is 0 Å². The molecule has 0 aliphatic carbocycles. The third-order valence-electron chi connectivity index (χ3n) is 3.77. The zero-order chi connectivity index (χ0) is 14.9. The van der Waals surface area contributed by atoms with Gasteiger partial charge in [0.05, 0.1) is 12.6 Å². The van der Waals surface area contributed by atoms with Crippen molar-refractivity contribution in [1.82, 2.24) is 8.87 Å². The summed E-state index contributed by atoms with van der Waals surface area (Å²) in [5, 5.41) is 0. The van der Waals surface area contributed by atoms with Crippen molar-refractivity contribution in [2.45, 2.75) is 43.8 Å². The fourth-order valence-electron chi connectivity index (χ4n) is 2.45. The number of ether oxygens (including phenoxy) is 1. The zero-order valence-electron chi connectivity index (χ0n) is 12.2. The molecule has 1 fully saturated rings. The van der Waals surface area contributed by atoms with Gasteiger partial charge < -0.3 is 15.0 Å². The van der Waals surface area contributed by atoms with Crippen LogP contribution in [0.1, 0.15) is 32.0 Å². The van der Waals surface area contributed by atoms with Crippen molar-refractivity contribution in [2.75, 3.05) is 20.3 Å². The van der Waals surface area contributed by atoms with Gasteiger partial charge in [0.1, 0.15) is 4.90 Å². The fraction of sp³-hybridized carbons (Fsp3) is 0.692. The lowest BCUT2D eigenvalue weighted by molar-refractivity contribution is 0.181. The van der Waals surface area contributed by atoms with Gasteiger partial charge in [-0.2, -0.15) is 4.31 Å². The van der Waals surface area contributed by atoms with E-state index in [4.69, 9.17) is 10.5 Å². The summed E-state index contributed by atoms with van der Waals surface area (Å²) in [5.41, 5.74) is 6.52. The molecule has 1 aromatic rings. The highest BCUT2D eigenvalue weighted by atomic mass is 32.2. The van der Waals surface area contributed by atoms with E-state index in [-0.39, 0.29) is 12.1 Å². The largest absolute Gasteiger partial charge is 0.380 e. The van der Waals surface area contributed by atoms with E-state index < -0.39 is 10.0 Å². The van der Waals surface area contributed by atoms with Crippen molar-refractivity contribution in [3.8, 4) is 0 Å². The maximum atomic E-state index is 12.6. The summed E-state index contributed by atoms with van der Waals surface area (Å²) in [7, 11) is -1.88. The number of likely N-dealkylation sites (N-methyl/N-ethyl adjacent to an activating group) is 1. The molecule has 0 spiro atoms. The summed E-state index contributed by atoms with van der Waals surface area (Å²) in [4.78, 5) is 0.307. The van der Waals surface area contributed by atoms with E-state index >= 15 is 0 Å². The van der Waals surface area contributed by atoms with Crippen LogP contribution in [0.15, 0.2) is 17.2 Å². The van der Waals surface area contributed by atoms with E-state index in [1.165, 1.54) is 4.31 Å². The normalized spacial score (nSPS) is 20.2. The molecule has 114 valence electrons. The number of sulfonamides is 1. The van der Waals surface area contributed by atoms with Crippen LogP contribution in [0.25, 0.3) is 0 Å². The summed E-state index contributed by atoms with van der Waals surface area (Å²) in [6.45, 7) is 5.41. The third-order valence-corrected chi connectivity index (χ3v) is 5.64. The summed E-state index contributed by atoms with van der Waals surface area (Å²) < 4.78 is 33.9. The summed E-state index contributed by atoms with van der Waals surface area (Å²) in [5.74, 6) is 0. The molecule has 0 aromatic carbocycles. The van der Waals surface area contributed by atoms with Crippen LogP contribution < -0.4 is 5.73 Å². The summed E-state index contributed by atoms with van der Waals surface area (Å²) in [6, 6.07) is 1.77. The first-order valence-electron chi connectivity index (χ1n) is 6.84. The predicted octanol–water partition coefficient (Wildman–Crippen LogP) is 0.937. The smallest absolute Gasteiger partial charge is 0.244 e. The lowest BCUT2D eigenvalue weighted by Crippen LogP contribution is -2.37. The molecule has 2 N–H and O–H groups in total. The Labute approximate surface area is 120 Å². The van der Waals surface area contributed by atoms with Crippen LogP contribution in [0, 0.1) is 0 Å². The Balaban J connectivity index is 2.33. The van der Waals surface area contributed by atoms with Crippen molar-refractivity contribution >= 4 is 10.0 Å². The molecular weight excluding hydrogens is 278 g/mol. The quantitative estimate of drug-likeness (QED) is 0.878. The molecule has 2 heterocycles. The topological polar surface area (TPSA) is 77.6 Å². The molecule has 0 saturated carbocycles. The van der Waals surface area contributed by atoms with Crippen LogP contribution in [0.3, 0.4) is 0 Å². The molecule has 0 radical (unpaired) electrons. The Kier molecular flexibility index (Phi) is 4.53. The van der Waals surface area contributed by atoms with Gasteiger partial charge in [-0.05, 0) is 26.3 Å². The van der Waals surface area contributed by atoms with Crippen LogP contribution in [0.2, 0.25) is 0 Å². The average molecular weight is 301 g/mol. The van der Waals surface area contributed by atoms with Crippen LogP contribution in [0.4, 0.5) is 0 Å². The highest BCUT2D eigenvalue weighted by Crippen LogP contribution is 2.24. The molecule has 0 amide bonds. The Bertz CT molecular complexity index is 559. The van der Waals surface area contributed by atoms with Crippen molar-refractivity contribution in [3.63, 3.8) is 0 Å². The second-order valence-electron chi connectivity index (χ2n) is 5.41. The van der Waals surface area contributed by atoms with E-state index in [0.29, 0.717) is 24.7 Å². The average Bonchev–Trinajstić information content (AvgIpc) is 3.06. The van der Waals surface area contributed by atoms with Gasteiger partial charge in [0, 0.05) is 38.1 Å². The molecule has 2 rings (SSSR count). The first kappa shape index (κ1) is 15.5. The second kappa shape index (κ2) is 5.85. The predicted molar refractivity (Wildman–Crippen MR) is 76.9 cm³/mol. The van der Waals surface area contributed by atoms with Gasteiger partial charge in [0.15, 0.2) is 0 Å². The number of rotatable bonds is 5. The van der Waals surface area contributed by atoms with E-state index in [0.717, 1.165) is 12.1 Å². The van der Waals surface area contributed by atoms with E-state index in [2.05, 4.69) is 0 Å². The number of hydrogen-bond acceptors (Lipinski definition) is 4. The Hall–Kier alpha value is -0.890. The SMILES string of the molecule is CC(C)n1cc(S(=O)(=O)N(C)C2CCOC2)cc1CN. The summed E-state index contributed by atoms with van der Waals surface area (Å²) in [6.07, 6.45) is 2.42. The molecule has 7 heteroatoms. The van der Waals surface area contributed by atoms with Crippen molar-refractivity contribution in [2.24, 2.45) is 5.73 Å². The van der Waals surface area contributed by atoms with Gasteiger partial charge in [0.25, 0.3) is 0 Å². The van der Waals surface area contributed by atoms with Gasteiger partial charge in [-0.1, -0.05) is 0 Å². The monoisotopic (exact) mass is 301 g/mol. The van der Waals surface area contributed by atoms with Crippen LogP contribution in [-0.2, 0) is 21.3 Å². The minimum Gasteiger partial charge on any atom is -0.380 e. The van der Waals surface area contributed by atoms with Gasteiger partial charge in [-0.25, -0.2) is 8.42 Å². The van der Waals surface area contributed by atoms with Gasteiger partial charge >= 0.3 is 0 Å². The Morgan fingerprint density at radius 3 is 2.70 bits per heavy atom. The molecule has 6 nitrogen and oxygen atoms in total. The fourth-order valence-corrected chi connectivity index (χ4v) is 3.88. The highest BCUT2D eigenvalue weighted by molar-refractivity contribution is 7.89. The molecule has 1 atom stereocenters. The molecule has 1 unspecified atom stereocenters. The van der Waals surface area contributed by atoms with E-state index in [1.807, 2.05) is 18.4 Å². The molecule has 1 aromatic heterocycles. The number of nitrogens with two attached hydrogens (primary N) is 1. The minimum atomic E-state index is -3.49. The van der Waals surface area contributed by atoms with Crippen molar-refractivity contribution < 1.29 is 13.2 Å². The Morgan fingerprint density at radius 1 is 1.55 bits per heavy atom.